The molecule has 0 atom stereocenters. The minimum atomic E-state index is 0.132. The van der Waals surface area contributed by atoms with Gasteiger partial charge < -0.3 is 5.73 Å². The molecule has 0 radical (unpaired) electrons. The number of halogens is 1. The van der Waals surface area contributed by atoms with Crippen molar-refractivity contribution in [2.24, 2.45) is 5.73 Å². The highest BCUT2D eigenvalue weighted by molar-refractivity contribution is 9.10. The van der Waals surface area contributed by atoms with Crippen molar-refractivity contribution in [3.8, 4) is 0 Å². The van der Waals surface area contributed by atoms with Gasteiger partial charge in [-0.25, -0.2) is 0 Å². The predicted octanol–water partition coefficient (Wildman–Crippen LogP) is 3.39. The quantitative estimate of drug-likeness (QED) is 0.880. The molecule has 0 amide bonds. The second-order valence-corrected chi connectivity index (χ2v) is 5.44. The molecule has 0 aliphatic rings. The van der Waals surface area contributed by atoms with E-state index in [1.807, 2.05) is 35.7 Å². The number of Topliss-reactive ketones (excluding diaryl/α,β-unsaturated/α-hetero) is 1. The van der Waals surface area contributed by atoms with E-state index in [1.54, 1.807) is 0 Å². The lowest BCUT2D eigenvalue weighted by atomic mass is 10.0. The van der Waals surface area contributed by atoms with Gasteiger partial charge in [-0.05, 0) is 38.5 Å². The number of thiophene rings is 1. The number of carbonyl (C=O) groups excluding carboxylic acids is 1. The molecule has 0 bridgehead atoms. The molecular weight excluding hydrogens is 298 g/mol. The van der Waals surface area contributed by atoms with Crippen molar-refractivity contribution in [2.75, 3.05) is 0 Å². The van der Waals surface area contributed by atoms with Gasteiger partial charge in [-0.3, -0.25) is 4.79 Å². The highest BCUT2D eigenvalue weighted by Crippen LogP contribution is 2.24. The van der Waals surface area contributed by atoms with E-state index in [4.69, 9.17) is 5.73 Å². The summed E-state index contributed by atoms with van der Waals surface area (Å²) in [4.78, 5) is 12.9. The zero-order chi connectivity index (χ0) is 12.3. The Balaban J connectivity index is 2.22. The van der Waals surface area contributed by atoms with E-state index in [0.29, 0.717) is 13.0 Å². The third-order valence-electron chi connectivity index (χ3n) is 2.56. The molecule has 0 unspecified atom stereocenters. The van der Waals surface area contributed by atoms with Crippen molar-refractivity contribution in [3.63, 3.8) is 0 Å². The van der Waals surface area contributed by atoms with Gasteiger partial charge >= 0.3 is 0 Å². The van der Waals surface area contributed by atoms with Gasteiger partial charge in [-0.2, -0.15) is 0 Å². The standard InChI is InChI=1S/C13H12BrNOS/c14-11-5-6-17-13(11)12(16)7-9-3-1-2-4-10(9)8-15/h1-6H,7-8,15H2. The SMILES string of the molecule is NCc1ccccc1CC(=O)c1sccc1Br. The van der Waals surface area contributed by atoms with Gasteiger partial charge in [0.2, 0.25) is 0 Å². The first-order valence-electron chi connectivity index (χ1n) is 5.25. The molecule has 2 aromatic rings. The summed E-state index contributed by atoms with van der Waals surface area (Å²) >= 11 is 4.84. The van der Waals surface area contributed by atoms with Crippen LogP contribution in [0.25, 0.3) is 0 Å². The Morgan fingerprint density at radius 1 is 1.24 bits per heavy atom. The molecule has 2 rings (SSSR count). The molecule has 0 spiro atoms. The summed E-state index contributed by atoms with van der Waals surface area (Å²) in [6, 6.07) is 9.70. The summed E-state index contributed by atoms with van der Waals surface area (Å²) < 4.78 is 0.873. The fourth-order valence-corrected chi connectivity index (χ4v) is 3.21. The van der Waals surface area contributed by atoms with Gasteiger partial charge in [0.05, 0.1) is 4.88 Å². The van der Waals surface area contributed by atoms with Gasteiger partial charge in [0.1, 0.15) is 0 Å². The number of hydrogen-bond acceptors (Lipinski definition) is 3. The summed E-state index contributed by atoms with van der Waals surface area (Å²) in [5.41, 5.74) is 7.71. The van der Waals surface area contributed by atoms with Crippen LogP contribution in [-0.2, 0) is 13.0 Å². The predicted molar refractivity (Wildman–Crippen MR) is 74.4 cm³/mol. The molecule has 0 saturated carbocycles. The van der Waals surface area contributed by atoms with Gasteiger partial charge in [-0.1, -0.05) is 24.3 Å². The van der Waals surface area contributed by atoms with Crippen molar-refractivity contribution in [1.29, 1.82) is 0 Å². The van der Waals surface area contributed by atoms with Crippen LogP contribution in [-0.4, -0.2) is 5.78 Å². The van der Waals surface area contributed by atoms with E-state index in [0.717, 1.165) is 20.5 Å². The first-order valence-corrected chi connectivity index (χ1v) is 6.92. The van der Waals surface area contributed by atoms with Gasteiger partial charge in [0.25, 0.3) is 0 Å². The third-order valence-corrected chi connectivity index (χ3v) is 4.44. The number of carbonyl (C=O) groups is 1. The molecule has 0 fully saturated rings. The van der Waals surface area contributed by atoms with Gasteiger partial charge in [0, 0.05) is 17.4 Å². The average molecular weight is 310 g/mol. The molecule has 4 heteroatoms. The number of benzene rings is 1. The summed E-state index contributed by atoms with van der Waals surface area (Å²) in [5.74, 6) is 0.132. The second kappa shape index (κ2) is 5.58. The van der Waals surface area contributed by atoms with Crippen LogP contribution in [0.15, 0.2) is 40.2 Å². The van der Waals surface area contributed by atoms with Crippen molar-refractivity contribution >= 4 is 33.0 Å². The van der Waals surface area contributed by atoms with Crippen LogP contribution in [0.5, 0.6) is 0 Å². The molecule has 1 aromatic carbocycles. The Morgan fingerprint density at radius 3 is 2.53 bits per heavy atom. The van der Waals surface area contributed by atoms with Crippen LogP contribution in [0, 0.1) is 0 Å². The van der Waals surface area contributed by atoms with E-state index in [1.165, 1.54) is 11.3 Å². The Labute approximate surface area is 113 Å². The fraction of sp³-hybridized carbons (Fsp3) is 0.154. The minimum Gasteiger partial charge on any atom is -0.326 e. The summed E-state index contributed by atoms with van der Waals surface area (Å²) in [6.07, 6.45) is 0.409. The van der Waals surface area contributed by atoms with Crippen LogP contribution in [0.1, 0.15) is 20.8 Å². The van der Waals surface area contributed by atoms with Crippen LogP contribution in [0.4, 0.5) is 0 Å². The van der Waals surface area contributed by atoms with E-state index in [-0.39, 0.29) is 5.78 Å². The van der Waals surface area contributed by atoms with Crippen LogP contribution in [0.3, 0.4) is 0 Å². The minimum absolute atomic E-state index is 0.132. The Morgan fingerprint density at radius 2 is 1.94 bits per heavy atom. The third kappa shape index (κ3) is 2.83. The normalized spacial score (nSPS) is 10.5. The Kier molecular flexibility index (Phi) is 4.10. The molecule has 2 N–H and O–H groups in total. The van der Waals surface area contributed by atoms with Crippen LogP contribution >= 0.6 is 27.3 Å². The lowest BCUT2D eigenvalue weighted by Crippen LogP contribution is -2.07. The van der Waals surface area contributed by atoms with E-state index < -0.39 is 0 Å². The molecule has 0 aliphatic carbocycles. The molecule has 0 aliphatic heterocycles. The molecular formula is C13H12BrNOS. The first kappa shape index (κ1) is 12.5. The highest BCUT2D eigenvalue weighted by atomic mass is 79.9. The Bertz CT molecular complexity index is 536. The average Bonchev–Trinajstić information content (AvgIpc) is 2.76. The maximum atomic E-state index is 12.1. The molecule has 1 aromatic heterocycles. The monoisotopic (exact) mass is 309 g/mol. The zero-order valence-electron chi connectivity index (χ0n) is 9.15. The van der Waals surface area contributed by atoms with E-state index in [9.17, 15) is 4.79 Å². The topological polar surface area (TPSA) is 43.1 Å². The maximum absolute atomic E-state index is 12.1. The largest absolute Gasteiger partial charge is 0.326 e. The summed E-state index contributed by atoms with van der Waals surface area (Å²) in [7, 11) is 0. The number of ketones is 1. The lowest BCUT2D eigenvalue weighted by Gasteiger charge is -2.06. The van der Waals surface area contributed by atoms with Gasteiger partial charge in [0.15, 0.2) is 5.78 Å². The van der Waals surface area contributed by atoms with E-state index in [2.05, 4.69) is 15.9 Å². The van der Waals surface area contributed by atoms with Crippen molar-refractivity contribution < 1.29 is 4.79 Å². The second-order valence-electron chi connectivity index (χ2n) is 3.67. The molecule has 0 saturated heterocycles. The van der Waals surface area contributed by atoms with Crippen molar-refractivity contribution in [1.82, 2.24) is 0 Å². The fourth-order valence-electron chi connectivity index (χ4n) is 1.68. The zero-order valence-corrected chi connectivity index (χ0v) is 11.6. The smallest absolute Gasteiger partial charge is 0.178 e. The molecule has 1 heterocycles. The summed E-state index contributed by atoms with van der Waals surface area (Å²) in [5, 5.41) is 1.91. The van der Waals surface area contributed by atoms with E-state index >= 15 is 0 Å². The van der Waals surface area contributed by atoms with Crippen molar-refractivity contribution in [2.45, 2.75) is 13.0 Å². The number of hydrogen-bond donors (Lipinski definition) is 1. The summed E-state index contributed by atoms with van der Waals surface area (Å²) in [6.45, 7) is 0.467. The molecule has 2 nitrogen and oxygen atoms in total. The molecule has 17 heavy (non-hydrogen) atoms. The van der Waals surface area contributed by atoms with Crippen LogP contribution in [0.2, 0.25) is 0 Å². The maximum Gasteiger partial charge on any atom is 0.178 e. The van der Waals surface area contributed by atoms with Crippen LogP contribution < -0.4 is 5.73 Å². The van der Waals surface area contributed by atoms with Crippen molar-refractivity contribution in [3.05, 3.63) is 56.2 Å². The first-order chi connectivity index (χ1) is 8.22. The Hall–Kier alpha value is -0.970. The number of rotatable bonds is 4. The molecule has 88 valence electrons. The highest BCUT2D eigenvalue weighted by Gasteiger charge is 2.13. The number of nitrogens with two attached hydrogens (primary N) is 1. The van der Waals surface area contributed by atoms with Gasteiger partial charge in [-0.15, -0.1) is 11.3 Å². The lowest BCUT2D eigenvalue weighted by molar-refractivity contribution is 0.0996.